The number of H-pyrrole nitrogens is 1. The van der Waals surface area contributed by atoms with Gasteiger partial charge in [-0.1, -0.05) is 12.1 Å². The Morgan fingerprint density at radius 2 is 1.87 bits per heavy atom. The molecule has 1 amide bonds. The molecule has 0 unspecified atom stereocenters. The topological polar surface area (TPSA) is 100 Å². The molecule has 3 N–H and O–H groups in total. The summed E-state index contributed by atoms with van der Waals surface area (Å²) in [7, 11) is 1.61. The van der Waals surface area contributed by atoms with Crippen molar-refractivity contribution in [3.63, 3.8) is 0 Å². The van der Waals surface area contributed by atoms with Crippen molar-refractivity contribution in [3.05, 3.63) is 72.1 Å². The number of imidazole rings is 1. The zero-order chi connectivity index (χ0) is 20.7. The van der Waals surface area contributed by atoms with Gasteiger partial charge in [0.15, 0.2) is 5.65 Å². The Labute approximate surface area is 172 Å². The van der Waals surface area contributed by atoms with E-state index in [1.54, 1.807) is 19.2 Å². The number of aromatic amines is 1. The molecule has 0 fully saturated rings. The van der Waals surface area contributed by atoms with Crippen LogP contribution >= 0.6 is 0 Å². The first-order valence-electron chi connectivity index (χ1n) is 9.52. The first-order chi connectivity index (χ1) is 14.6. The van der Waals surface area contributed by atoms with Gasteiger partial charge in [-0.3, -0.25) is 4.79 Å². The third-order valence-electron chi connectivity index (χ3n) is 4.89. The third-order valence-corrected chi connectivity index (χ3v) is 4.89. The first-order valence-corrected chi connectivity index (χ1v) is 9.52. The van der Waals surface area contributed by atoms with Crippen molar-refractivity contribution in [1.82, 2.24) is 29.9 Å². The SMILES string of the molecule is CNC(=O)c1ccc(Nc2nc3cccc(-c4ccc5nc(C)[nH]c5c4)n3n2)cc1. The molecule has 5 rings (SSSR count). The van der Waals surface area contributed by atoms with Crippen LogP contribution in [-0.2, 0) is 0 Å². The Balaban J connectivity index is 1.49. The molecule has 0 saturated heterocycles. The lowest BCUT2D eigenvalue weighted by Gasteiger charge is -2.04. The van der Waals surface area contributed by atoms with Crippen molar-refractivity contribution < 1.29 is 4.79 Å². The molecule has 3 aromatic heterocycles. The molecule has 148 valence electrons. The number of amides is 1. The highest BCUT2D eigenvalue weighted by atomic mass is 16.1. The Kier molecular flexibility index (Phi) is 4.17. The molecule has 2 aromatic carbocycles. The van der Waals surface area contributed by atoms with E-state index in [-0.39, 0.29) is 5.91 Å². The first kappa shape index (κ1) is 17.9. The van der Waals surface area contributed by atoms with Crippen molar-refractivity contribution in [2.24, 2.45) is 0 Å². The smallest absolute Gasteiger partial charge is 0.251 e. The molecule has 30 heavy (non-hydrogen) atoms. The van der Waals surface area contributed by atoms with Crippen LogP contribution in [0.4, 0.5) is 11.6 Å². The van der Waals surface area contributed by atoms with Gasteiger partial charge in [-0.15, -0.1) is 5.10 Å². The van der Waals surface area contributed by atoms with E-state index in [2.05, 4.69) is 36.8 Å². The minimum Gasteiger partial charge on any atom is -0.355 e. The molecule has 0 bridgehead atoms. The summed E-state index contributed by atoms with van der Waals surface area (Å²) in [5, 5.41) is 10.4. The molecule has 0 atom stereocenters. The fourth-order valence-corrected chi connectivity index (χ4v) is 3.45. The maximum atomic E-state index is 11.7. The number of benzene rings is 2. The van der Waals surface area contributed by atoms with Gasteiger partial charge in [0, 0.05) is 23.9 Å². The molecule has 5 aromatic rings. The van der Waals surface area contributed by atoms with Crippen molar-refractivity contribution >= 4 is 34.2 Å². The predicted octanol–water partition coefficient (Wildman–Crippen LogP) is 3.68. The van der Waals surface area contributed by atoms with Gasteiger partial charge in [0.25, 0.3) is 5.91 Å². The van der Waals surface area contributed by atoms with Crippen LogP contribution in [0.2, 0.25) is 0 Å². The number of nitrogens with one attached hydrogen (secondary N) is 3. The van der Waals surface area contributed by atoms with Crippen LogP contribution in [0, 0.1) is 6.92 Å². The van der Waals surface area contributed by atoms with Gasteiger partial charge in [0.05, 0.1) is 16.7 Å². The van der Waals surface area contributed by atoms with E-state index < -0.39 is 0 Å². The van der Waals surface area contributed by atoms with E-state index in [0.29, 0.717) is 11.5 Å². The Morgan fingerprint density at radius 3 is 2.67 bits per heavy atom. The molecule has 0 radical (unpaired) electrons. The minimum absolute atomic E-state index is 0.124. The van der Waals surface area contributed by atoms with Gasteiger partial charge in [-0.2, -0.15) is 4.98 Å². The number of anilines is 2. The number of hydrogen-bond acceptors (Lipinski definition) is 5. The summed E-state index contributed by atoms with van der Waals surface area (Å²) in [6.07, 6.45) is 0. The number of carbonyl (C=O) groups excluding carboxylic acids is 1. The van der Waals surface area contributed by atoms with Crippen molar-refractivity contribution in [1.29, 1.82) is 0 Å². The number of hydrogen-bond donors (Lipinski definition) is 3. The van der Waals surface area contributed by atoms with Crippen LogP contribution in [0.15, 0.2) is 60.7 Å². The molecule has 0 spiro atoms. The highest BCUT2D eigenvalue weighted by Gasteiger charge is 2.11. The van der Waals surface area contributed by atoms with Gasteiger partial charge >= 0.3 is 0 Å². The zero-order valence-electron chi connectivity index (χ0n) is 16.5. The van der Waals surface area contributed by atoms with Gasteiger partial charge < -0.3 is 15.6 Å². The largest absolute Gasteiger partial charge is 0.355 e. The van der Waals surface area contributed by atoms with Crippen molar-refractivity contribution in [3.8, 4) is 11.3 Å². The maximum Gasteiger partial charge on any atom is 0.251 e. The molecule has 0 saturated carbocycles. The summed E-state index contributed by atoms with van der Waals surface area (Å²) in [6.45, 7) is 1.94. The quantitative estimate of drug-likeness (QED) is 0.430. The maximum absolute atomic E-state index is 11.7. The normalized spacial score (nSPS) is 11.1. The Morgan fingerprint density at radius 1 is 1.03 bits per heavy atom. The van der Waals surface area contributed by atoms with Crippen molar-refractivity contribution in [2.45, 2.75) is 6.92 Å². The van der Waals surface area contributed by atoms with Crippen molar-refractivity contribution in [2.75, 3.05) is 12.4 Å². The third kappa shape index (κ3) is 3.14. The van der Waals surface area contributed by atoms with Gasteiger partial charge in [-0.05, 0) is 55.5 Å². The van der Waals surface area contributed by atoms with Crippen LogP contribution in [0.1, 0.15) is 16.2 Å². The second kappa shape index (κ2) is 7.00. The van der Waals surface area contributed by atoms with E-state index in [0.717, 1.165) is 39.4 Å². The molecule has 3 heterocycles. The standard InChI is InChI=1S/C22H19N7O/c1-13-24-17-11-8-15(12-18(17)25-13)19-4-3-5-20-27-22(28-29(19)20)26-16-9-6-14(7-10-16)21(30)23-2/h3-12H,1-2H3,(H,23,30)(H,24,25)(H,26,28). The average Bonchev–Trinajstić information content (AvgIpc) is 3.34. The van der Waals surface area contributed by atoms with E-state index in [1.165, 1.54) is 0 Å². The molecule has 8 nitrogen and oxygen atoms in total. The Bertz CT molecular complexity index is 1380. The van der Waals surface area contributed by atoms with Crippen LogP contribution in [0.25, 0.3) is 27.9 Å². The number of pyridine rings is 1. The average molecular weight is 397 g/mol. The molecular weight excluding hydrogens is 378 g/mol. The summed E-state index contributed by atoms with van der Waals surface area (Å²) in [6, 6.07) is 19.1. The van der Waals surface area contributed by atoms with Crippen LogP contribution in [-0.4, -0.2) is 37.5 Å². The lowest BCUT2D eigenvalue weighted by molar-refractivity contribution is 0.0963. The molecule has 0 aliphatic heterocycles. The number of rotatable bonds is 4. The fourth-order valence-electron chi connectivity index (χ4n) is 3.45. The van der Waals surface area contributed by atoms with Crippen LogP contribution < -0.4 is 10.6 Å². The number of nitrogens with zero attached hydrogens (tertiary/aromatic N) is 4. The number of aryl methyl sites for hydroxylation is 1. The summed E-state index contributed by atoms with van der Waals surface area (Å²) < 4.78 is 1.81. The highest BCUT2D eigenvalue weighted by Crippen LogP contribution is 2.25. The predicted molar refractivity (Wildman–Crippen MR) is 116 cm³/mol. The monoisotopic (exact) mass is 397 g/mol. The molecule has 0 aliphatic rings. The lowest BCUT2D eigenvalue weighted by Crippen LogP contribution is -2.17. The molecule has 8 heteroatoms. The zero-order valence-corrected chi connectivity index (χ0v) is 16.5. The second-order valence-corrected chi connectivity index (χ2v) is 6.95. The number of fused-ring (bicyclic) bond motifs is 2. The summed E-state index contributed by atoms with van der Waals surface area (Å²) in [5.41, 5.74) is 5.99. The van der Waals surface area contributed by atoms with Crippen LogP contribution in [0.5, 0.6) is 0 Å². The van der Waals surface area contributed by atoms with Crippen LogP contribution in [0.3, 0.4) is 0 Å². The minimum atomic E-state index is -0.124. The molecular formula is C22H19N7O. The molecule has 0 aliphatic carbocycles. The van der Waals surface area contributed by atoms with Gasteiger partial charge in [-0.25, -0.2) is 9.50 Å². The summed E-state index contributed by atoms with van der Waals surface area (Å²) in [4.78, 5) is 24.0. The Hall–Kier alpha value is -4.20. The summed E-state index contributed by atoms with van der Waals surface area (Å²) in [5.74, 6) is 1.24. The fraction of sp³-hybridized carbons (Fsp3) is 0.0909. The van der Waals surface area contributed by atoms with E-state index in [1.807, 2.05) is 53.9 Å². The summed E-state index contributed by atoms with van der Waals surface area (Å²) >= 11 is 0. The second-order valence-electron chi connectivity index (χ2n) is 6.95. The number of aromatic nitrogens is 5. The van der Waals surface area contributed by atoms with E-state index >= 15 is 0 Å². The number of carbonyl (C=O) groups is 1. The highest BCUT2D eigenvalue weighted by molar-refractivity contribution is 5.94. The van der Waals surface area contributed by atoms with E-state index in [4.69, 9.17) is 0 Å². The van der Waals surface area contributed by atoms with Gasteiger partial charge in [0.1, 0.15) is 5.82 Å². The lowest BCUT2D eigenvalue weighted by atomic mass is 10.1. The van der Waals surface area contributed by atoms with E-state index in [9.17, 15) is 4.79 Å². The van der Waals surface area contributed by atoms with Gasteiger partial charge in [0.2, 0.25) is 5.95 Å².